The summed E-state index contributed by atoms with van der Waals surface area (Å²) in [6, 6.07) is 50.3. The van der Waals surface area contributed by atoms with E-state index in [0.717, 1.165) is 12.8 Å². The van der Waals surface area contributed by atoms with Gasteiger partial charge in [-0.3, -0.25) is 0 Å². The van der Waals surface area contributed by atoms with Gasteiger partial charge >= 0.3 is 314 Å². The van der Waals surface area contributed by atoms with Crippen molar-refractivity contribution in [1.82, 2.24) is 0 Å². The molecule has 0 nitrogen and oxygen atoms in total. The molecule has 52 heavy (non-hydrogen) atoms. The van der Waals surface area contributed by atoms with Crippen LogP contribution in [0.1, 0.15) is 63.0 Å². The van der Waals surface area contributed by atoms with Crippen molar-refractivity contribution in [2.24, 2.45) is 0 Å². The van der Waals surface area contributed by atoms with Crippen LogP contribution in [0.5, 0.6) is 0 Å². The molecule has 0 N–H and O–H groups in total. The second kappa shape index (κ2) is 13.5. The first-order chi connectivity index (χ1) is 25.1. The average molecular weight is 841 g/mol. The summed E-state index contributed by atoms with van der Waals surface area (Å²) < 4.78 is 8.15. The fraction of sp³-hybridized carbons (Fsp3) is 0.196. The molecular formula is C51H50Hf. The Morgan fingerprint density at radius 2 is 0.808 bits per heavy atom. The first-order valence-corrected chi connectivity index (χ1v) is 32.2. The number of benzene rings is 6. The molecule has 0 heterocycles. The van der Waals surface area contributed by atoms with Gasteiger partial charge in [-0.1, -0.05) is 0 Å². The van der Waals surface area contributed by atoms with Crippen LogP contribution in [0.4, 0.5) is 0 Å². The standard InChI is InChI=1S/2C17H15.C15H14.2CH3.Hf/c2*1-12-6-3-7-13(2)17(12)16-11-5-9-14-8-4-10-15(14)16;1-3-8-14(9-4-1)12-7-13-15-10-5-2-6-11-15;;;/h2*3-11H,1-2H3;1-6,8-11H,12-13H2;2*1H3;. The van der Waals surface area contributed by atoms with Crippen LogP contribution in [-0.2, 0) is 30.9 Å². The van der Waals surface area contributed by atoms with E-state index in [0.29, 0.717) is 7.35 Å². The van der Waals surface area contributed by atoms with Crippen molar-refractivity contribution >= 4 is 15.4 Å². The van der Waals surface area contributed by atoms with Crippen LogP contribution in [0.3, 0.4) is 0 Å². The zero-order valence-corrected chi connectivity index (χ0v) is 35.2. The zero-order valence-electron chi connectivity index (χ0n) is 31.6. The minimum atomic E-state index is -4.48. The summed E-state index contributed by atoms with van der Waals surface area (Å²) >= 11 is -4.48. The van der Waals surface area contributed by atoms with Gasteiger partial charge in [0.15, 0.2) is 0 Å². The average Bonchev–Trinajstić information content (AvgIpc) is 3.80. The zero-order chi connectivity index (χ0) is 36.1. The van der Waals surface area contributed by atoms with Crippen molar-refractivity contribution in [3.05, 3.63) is 201 Å². The Labute approximate surface area is 312 Å². The number of aryl methyl sites for hydroxylation is 4. The summed E-state index contributed by atoms with van der Waals surface area (Å²) in [5.74, 6) is 0. The molecule has 0 amide bonds. The van der Waals surface area contributed by atoms with E-state index in [4.69, 9.17) is 0 Å². The second-order valence-corrected chi connectivity index (χ2v) is 42.1. The molecule has 2 aliphatic rings. The van der Waals surface area contributed by atoms with Crippen LogP contribution >= 0.6 is 0 Å². The molecule has 2 unspecified atom stereocenters. The molecule has 1 heteroatoms. The Morgan fingerprint density at radius 3 is 1.19 bits per heavy atom. The molecule has 0 bridgehead atoms. The molecule has 0 aromatic heterocycles. The van der Waals surface area contributed by atoms with Gasteiger partial charge in [0.1, 0.15) is 0 Å². The maximum absolute atomic E-state index is 4.48. The van der Waals surface area contributed by atoms with Crippen LogP contribution in [-0.4, -0.2) is 3.26 Å². The maximum atomic E-state index is 2.82. The van der Waals surface area contributed by atoms with Crippen LogP contribution < -0.4 is 0 Å². The molecule has 8 rings (SSSR count). The number of rotatable bonds is 8. The van der Waals surface area contributed by atoms with Gasteiger partial charge in [-0.25, -0.2) is 0 Å². The van der Waals surface area contributed by atoms with Crippen molar-refractivity contribution in [1.29, 1.82) is 0 Å². The van der Waals surface area contributed by atoms with Crippen LogP contribution in [0.2, 0.25) is 9.36 Å². The molecule has 0 radical (unpaired) electrons. The predicted octanol–water partition coefficient (Wildman–Crippen LogP) is 13.5. The van der Waals surface area contributed by atoms with Crippen molar-refractivity contribution in [2.45, 2.75) is 57.2 Å². The summed E-state index contributed by atoms with van der Waals surface area (Å²) in [7, 11) is 0. The van der Waals surface area contributed by atoms with E-state index < -0.39 is 18.0 Å². The summed E-state index contributed by atoms with van der Waals surface area (Å²) in [5.41, 5.74) is 19.6. The van der Waals surface area contributed by atoms with Crippen LogP contribution in [0.15, 0.2) is 146 Å². The number of hydrogen-bond acceptors (Lipinski definition) is 0. The molecule has 0 fully saturated rings. The Morgan fingerprint density at radius 1 is 0.442 bits per heavy atom. The molecule has 6 aromatic rings. The third kappa shape index (κ3) is 5.73. The Balaban J connectivity index is 1.42. The summed E-state index contributed by atoms with van der Waals surface area (Å²) in [4.78, 5) is 0. The minimum absolute atomic E-state index is 0.364. The van der Waals surface area contributed by atoms with Crippen LogP contribution in [0.25, 0.3) is 34.4 Å². The van der Waals surface area contributed by atoms with Crippen molar-refractivity contribution in [2.75, 3.05) is 0 Å². The summed E-state index contributed by atoms with van der Waals surface area (Å²) in [6.07, 6.45) is 12.3. The number of fused-ring (bicyclic) bond motifs is 2. The van der Waals surface area contributed by atoms with Gasteiger partial charge in [0.25, 0.3) is 0 Å². The Kier molecular flexibility index (Phi) is 8.99. The molecule has 2 aliphatic carbocycles. The quantitative estimate of drug-likeness (QED) is 0.134. The number of allylic oxidation sites excluding steroid dienone is 2. The van der Waals surface area contributed by atoms with E-state index in [1.54, 1.807) is 3.26 Å². The molecule has 0 saturated heterocycles. The van der Waals surface area contributed by atoms with Crippen molar-refractivity contribution < 1.29 is 18.0 Å². The van der Waals surface area contributed by atoms with Gasteiger partial charge in [0, 0.05) is 0 Å². The molecule has 2 atom stereocenters. The molecule has 0 aliphatic heterocycles. The first-order valence-electron chi connectivity index (χ1n) is 19.0. The van der Waals surface area contributed by atoms with Gasteiger partial charge in [-0.15, -0.1) is 0 Å². The SMILES string of the molecule is Cc1cccc(C)c1-c1cccc2c1C=C[CH]2[Hf]([CH3])([CH3])(=[C](Cc1ccccc1)Cc1ccccc1)[CH]1C=Cc2c(-c3c(C)cccc3C)cccc21. The fourth-order valence-corrected chi connectivity index (χ4v) is 33.7. The van der Waals surface area contributed by atoms with Crippen molar-refractivity contribution in [3.8, 4) is 22.3 Å². The monoisotopic (exact) mass is 842 g/mol. The topological polar surface area (TPSA) is 0 Å². The van der Waals surface area contributed by atoms with E-state index in [-0.39, 0.29) is 0 Å². The molecule has 6 aromatic carbocycles. The second-order valence-electron chi connectivity index (χ2n) is 16.4. The predicted molar refractivity (Wildman–Crippen MR) is 223 cm³/mol. The molecular weight excluding hydrogens is 791 g/mol. The number of hydrogen-bond donors (Lipinski definition) is 0. The summed E-state index contributed by atoms with van der Waals surface area (Å²) in [5, 5.41) is 0. The Bertz CT molecular complexity index is 2240. The first kappa shape index (κ1) is 34.6. The molecule has 0 spiro atoms. The third-order valence-corrected chi connectivity index (χ3v) is 39.6. The van der Waals surface area contributed by atoms with Gasteiger partial charge in [-0.05, 0) is 0 Å². The van der Waals surface area contributed by atoms with E-state index >= 15 is 0 Å². The molecule has 258 valence electrons. The van der Waals surface area contributed by atoms with E-state index in [9.17, 15) is 0 Å². The fourth-order valence-electron chi connectivity index (χ4n) is 10.1. The van der Waals surface area contributed by atoms with E-state index in [2.05, 4.69) is 195 Å². The van der Waals surface area contributed by atoms with Gasteiger partial charge in [0.05, 0.1) is 0 Å². The normalized spacial score (nSPS) is 16.2. The Hall–Kier alpha value is -4.46. The van der Waals surface area contributed by atoms with Gasteiger partial charge < -0.3 is 0 Å². The van der Waals surface area contributed by atoms with Gasteiger partial charge in [0.2, 0.25) is 0 Å². The molecule has 0 saturated carbocycles. The third-order valence-electron chi connectivity index (χ3n) is 12.9. The van der Waals surface area contributed by atoms with E-state index in [1.807, 2.05) is 0 Å². The van der Waals surface area contributed by atoms with Crippen molar-refractivity contribution in [3.63, 3.8) is 0 Å². The van der Waals surface area contributed by atoms with E-state index in [1.165, 1.54) is 77.9 Å². The van der Waals surface area contributed by atoms with Gasteiger partial charge in [-0.2, -0.15) is 0 Å². The van der Waals surface area contributed by atoms with Crippen LogP contribution in [0, 0.1) is 27.7 Å². The summed E-state index contributed by atoms with van der Waals surface area (Å²) in [6.45, 7) is 9.07.